The Bertz CT molecular complexity index is 1320. The highest BCUT2D eigenvalue weighted by molar-refractivity contribution is 7.80. The SMILES string of the molecule is Cc1cccc(N2C(=S)N[C@H](c3ccccn3)[C@H]2c2ccc(-c3ccc([N+](=O)[O-])cc3)o2)c1. The van der Waals surface area contributed by atoms with Gasteiger partial charge in [-0.05, 0) is 73.2 Å². The van der Waals surface area contributed by atoms with E-state index in [2.05, 4.69) is 21.3 Å². The molecule has 1 N–H and O–H groups in total. The van der Waals surface area contributed by atoms with Gasteiger partial charge in [0.25, 0.3) is 5.69 Å². The first kappa shape index (κ1) is 20.8. The predicted molar refractivity (Wildman–Crippen MR) is 130 cm³/mol. The molecule has 1 aliphatic rings. The number of anilines is 1. The molecule has 3 heterocycles. The summed E-state index contributed by atoms with van der Waals surface area (Å²) >= 11 is 5.74. The van der Waals surface area contributed by atoms with Crippen LogP contribution in [0.4, 0.5) is 11.4 Å². The molecule has 0 unspecified atom stereocenters. The number of hydrogen-bond acceptors (Lipinski definition) is 5. The van der Waals surface area contributed by atoms with Crippen molar-refractivity contribution in [1.82, 2.24) is 10.3 Å². The molecule has 7 nitrogen and oxygen atoms in total. The maximum Gasteiger partial charge on any atom is 0.269 e. The molecule has 2 aromatic carbocycles. The topological polar surface area (TPSA) is 84.4 Å². The summed E-state index contributed by atoms with van der Waals surface area (Å²) in [5.74, 6) is 1.34. The maximum absolute atomic E-state index is 11.0. The van der Waals surface area contributed by atoms with Crippen LogP contribution in [0.25, 0.3) is 11.3 Å². The molecule has 2 atom stereocenters. The predicted octanol–water partition coefficient (Wildman–Crippen LogP) is 5.74. The van der Waals surface area contributed by atoms with Gasteiger partial charge in [-0.25, -0.2) is 0 Å². The summed E-state index contributed by atoms with van der Waals surface area (Å²) < 4.78 is 6.30. The van der Waals surface area contributed by atoms with Gasteiger partial charge >= 0.3 is 0 Å². The number of rotatable bonds is 5. The van der Waals surface area contributed by atoms with Crippen LogP contribution in [0.15, 0.2) is 89.5 Å². The summed E-state index contributed by atoms with van der Waals surface area (Å²) in [5.41, 5.74) is 3.74. The zero-order chi connectivity index (χ0) is 22.9. The number of furan rings is 1. The van der Waals surface area contributed by atoms with E-state index in [4.69, 9.17) is 16.6 Å². The molecular weight excluding hydrogens is 436 g/mol. The Morgan fingerprint density at radius 3 is 2.58 bits per heavy atom. The van der Waals surface area contributed by atoms with Crippen molar-refractivity contribution >= 4 is 28.7 Å². The van der Waals surface area contributed by atoms with E-state index in [0.717, 1.165) is 22.5 Å². The van der Waals surface area contributed by atoms with E-state index in [9.17, 15) is 10.1 Å². The second-order valence-corrected chi connectivity index (χ2v) is 8.23. The van der Waals surface area contributed by atoms with Crippen molar-refractivity contribution in [3.05, 3.63) is 112 Å². The van der Waals surface area contributed by atoms with Crippen LogP contribution in [0, 0.1) is 17.0 Å². The first-order valence-electron chi connectivity index (χ1n) is 10.4. The molecule has 1 fully saturated rings. The fourth-order valence-corrected chi connectivity index (χ4v) is 4.46. The normalized spacial score (nSPS) is 17.7. The van der Waals surface area contributed by atoms with E-state index in [1.54, 1.807) is 18.3 Å². The van der Waals surface area contributed by atoms with Crippen LogP contribution in [-0.2, 0) is 0 Å². The number of aromatic nitrogens is 1. The number of benzene rings is 2. The monoisotopic (exact) mass is 456 g/mol. The Labute approximate surface area is 195 Å². The summed E-state index contributed by atoms with van der Waals surface area (Å²) in [6.07, 6.45) is 1.76. The Morgan fingerprint density at radius 2 is 1.88 bits per heavy atom. The molecule has 0 spiro atoms. The minimum absolute atomic E-state index is 0.0386. The molecule has 4 aromatic rings. The van der Waals surface area contributed by atoms with Gasteiger partial charge in [0.05, 0.1) is 16.7 Å². The highest BCUT2D eigenvalue weighted by Crippen LogP contribution is 2.43. The fourth-order valence-electron chi connectivity index (χ4n) is 4.11. The summed E-state index contributed by atoms with van der Waals surface area (Å²) in [7, 11) is 0. The summed E-state index contributed by atoms with van der Waals surface area (Å²) in [6, 6.07) is 23.6. The lowest BCUT2D eigenvalue weighted by atomic mass is 10.0. The number of nitro groups is 1. The number of hydrogen-bond donors (Lipinski definition) is 1. The quantitative estimate of drug-likeness (QED) is 0.233. The highest BCUT2D eigenvalue weighted by atomic mass is 32.1. The Balaban J connectivity index is 1.57. The fraction of sp³-hybridized carbons (Fsp3) is 0.120. The van der Waals surface area contributed by atoms with Crippen molar-refractivity contribution in [3.8, 4) is 11.3 Å². The number of nitro benzene ring substituents is 1. The van der Waals surface area contributed by atoms with Gasteiger partial charge in [-0.3, -0.25) is 15.1 Å². The summed E-state index contributed by atoms with van der Waals surface area (Å²) in [5, 5.41) is 15.0. The number of nitrogens with one attached hydrogen (secondary N) is 1. The van der Waals surface area contributed by atoms with Gasteiger partial charge in [0.2, 0.25) is 0 Å². The van der Waals surface area contributed by atoms with Crippen LogP contribution in [0.5, 0.6) is 0 Å². The summed E-state index contributed by atoms with van der Waals surface area (Å²) in [6.45, 7) is 2.04. The van der Waals surface area contributed by atoms with E-state index in [0.29, 0.717) is 16.6 Å². The Morgan fingerprint density at radius 1 is 1.06 bits per heavy atom. The molecule has 0 amide bonds. The van der Waals surface area contributed by atoms with Gasteiger partial charge in [0.1, 0.15) is 17.6 Å². The lowest BCUT2D eigenvalue weighted by Crippen LogP contribution is -2.29. The van der Waals surface area contributed by atoms with Gasteiger partial charge in [0, 0.05) is 29.6 Å². The number of thiocarbonyl (C=S) groups is 1. The van der Waals surface area contributed by atoms with Gasteiger partial charge in [0.15, 0.2) is 5.11 Å². The average Bonchev–Trinajstić information content (AvgIpc) is 3.44. The minimum atomic E-state index is -0.417. The first-order chi connectivity index (χ1) is 16.0. The number of nitrogens with zero attached hydrogens (tertiary/aromatic N) is 3. The van der Waals surface area contributed by atoms with Crippen molar-refractivity contribution < 1.29 is 9.34 Å². The molecule has 164 valence electrons. The molecule has 8 heteroatoms. The second kappa shape index (κ2) is 8.48. The van der Waals surface area contributed by atoms with Crippen LogP contribution < -0.4 is 10.2 Å². The van der Waals surface area contributed by atoms with Crippen LogP contribution in [-0.4, -0.2) is 15.0 Å². The van der Waals surface area contributed by atoms with Crippen LogP contribution in [0.2, 0.25) is 0 Å². The van der Waals surface area contributed by atoms with Crippen molar-refractivity contribution in [2.75, 3.05) is 4.90 Å². The minimum Gasteiger partial charge on any atom is -0.459 e. The zero-order valence-corrected chi connectivity index (χ0v) is 18.5. The lowest BCUT2D eigenvalue weighted by molar-refractivity contribution is -0.384. The van der Waals surface area contributed by atoms with Crippen molar-refractivity contribution in [2.24, 2.45) is 0 Å². The van der Waals surface area contributed by atoms with E-state index in [-0.39, 0.29) is 17.8 Å². The molecule has 33 heavy (non-hydrogen) atoms. The van der Waals surface area contributed by atoms with Gasteiger partial charge in [-0.2, -0.15) is 0 Å². The lowest BCUT2D eigenvalue weighted by Gasteiger charge is -2.26. The van der Waals surface area contributed by atoms with Crippen LogP contribution in [0.1, 0.15) is 29.1 Å². The number of aryl methyl sites for hydroxylation is 1. The maximum atomic E-state index is 11.0. The van der Waals surface area contributed by atoms with Gasteiger partial charge < -0.3 is 14.6 Å². The smallest absolute Gasteiger partial charge is 0.269 e. The molecule has 1 aliphatic heterocycles. The molecular formula is C25H20N4O3S. The largest absolute Gasteiger partial charge is 0.459 e. The van der Waals surface area contributed by atoms with E-state index in [1.807, 2.05) is 55.5 Å². The third kappa shape index (κ3) is 3.96. The standard InChI is InChI=1S/C25H20N4O3S/c1-16-5-4-6-19(15-16)28-24(23(27-25(28)33)20-7-2-3-14-26-20)22-13-12-21(32-22)17-8-10-18(11-9-17)29(30)31/h2-15,23-24H,1H3,(H,27,33)/t23-,24-/m1/s1. The number of pyridine rings is 1. The Kier molecular flexibility index (Phi) is 5.35. The third-order valence-corrected chi connectivity index (χ3v) is 5.97. The molecule has 1 saturated heterocycles. The van der Waals surface area contributed by atoms with Crippen molar-refractivity contribution in [2.45, 2.75) is 19.0 Å². The van der Waals surface area contributed by atoms with E-state index < -0.39 is 4.92 Å². The van der Waals surface area contributed by atoms with Gasteiger partial charge in [-0.1, -0.05) is 18.2 Å². The highest BCUT2D eigenvalue weighted by Gasteiger charge is 2.42. The second-order valence-electron chi connectivity index (χ2n) is 7.84. The third-order valence-electron chi connectivity index (χ3n) is 5.66. The van der Waals surface area contributed by atoms with Crippen molar-refractivity contribution in [1.29, 1.82) is 0 Å². The first-order valence-corrected chi connectivity index (χ1v) is 10.8. The number of non-ortho nitro benzene ring substituents is 1. The Hall–Kier alpha value is -4.04. The summed E-state index contributed by atoms with van der Waals surface area (Å²) in [4.78, 5) is 17.2. The molecule has 2 aromatic heterocycles. The van der Waals surface area contributed by atoms with Gasteiger partial charge in [-0.15, -0.1) is 0 Å². The zero-order valence-electron chi connectivity index (χ0n) is 17.7. The average molecular weight is 457 g/mol. The molecule has 5 rings (SSSR count). The molecule has 0 saturated carbocycles. The van der Waals surface area contributed by atoms with Crippen LogP contribution in [0.3, 0.4) is 0 Å². The van der Waals surface area contributed by atoms with Crippen LogP contribution >= 0.6 is 12.2 Å². The molecule has 0 radical (unpaired) electrons. The van der Waals surface area contributed by atoms with E-state index in [1.165, 1.54) is 12.1 Å². The molecule has 0 aliphatic carbocycles. The van der Waals surface area contributed by atoms with Crippen molar-refractivity contribution in [3.63, 3.8) is 0 Å². The molecule has 0 bridgehead atoms. The van der Waals surface area contributed by atoms with E-state index >= 15 is 0 Å².